The highest BCUT2D eigenvalue weighted by atomic mass is 16.5. The minimum Gasteiger partial charge on any atom is -0.465 e. The maximum atomic E-state index is 12.0. The zero-order valence-electron chi connectivity index (χ0n) is 13.5. The Morgan fingerprint density at radius 2 is 2.17 bits per heavy atom. The Morgan fingerprint density at radius 1 is 1.39 bits per heavy atom. The lowest BCUT2D eigenvalue weighted by Crippen LogP contribution is -2.15. The fourth-order valence-electron chi connectivity index (χ4n) is 2.81. The maximum absolute atomic E-state index is 12.0. The number of hydrogen-bond donors (Lipinski definition) is 1. The van der Waals surface area contributed by atoms with Crippen molar-refractivity contribution in [3.8, 4) is 5.69 Å². The number of nitrogens with zero attached hydrogens (tertiary/aromatic N) is 4. The predicted octanol–water partition coefficient (Wildman–Crippen LogP) is 1.49. The number of ether oxygens (including phenoxy) is 1. The Bertz CT molecular complexity index is 739. The standard InChI is InChI=1S/C16H20N4O3/c1-19(2)13-8-7-10(9-11(13)16(22)23-3)20-17-12-5-4-6-14(21)15(12)18-20/h7-9,14,21H,4-6H2,1-3H3. The number of esters is 1. The van der Waals surface area contributed by atoms with Crippen LogP contribution in [-0.4, -0.2) is 47.3 Å². The molecule has 0 bridgehead atoms. The molecule has 3 rings (SSSR count). The average molecular weight is 316 g/mol. The van der Waals surface area contributed by atoms with E-state index in [4.69, 9.17) is 4.74 Å². The number of anilines is 1. The molecule has 122 valence electrons. The summed E-state index contributed by atoms with van der Waals surface area (Å²) in [4.78, 5) is 15.4. The number of carbonyl (C=O) groups excluding carboxylic acids is 1. The Morgan fingerprint density at radius 3 is 2.83 bits per heavy atom. The van der Waals surface area contributed by atoms with Gasteiger partial charge in [0.2, 0.25) is 0 Å². The molecule has 2 aromatic rings. The highest BCUT2D eigenvalue weighted by Crippen LogP contribution is 2.28. The molecule has 7 heteroatoms. The van der Waals surface area contributed by atoms with E-state index in [0.29, 0.717) is 23.4 Å². The summed E-state index contributed by atoms with van der Waals surface area (Å²) in [6.07, 6.45) is 1.86. The summed E-state index contributed by atoms with van der Waals surface area (Å²) in [7, 11) is 5.08. The lowest BCUT2D eigenvalue weighted by molar-refractivity contribution is 0.0601. The lowest BCUT2D eigenvalue weighted by atomic mass is 9.99. The van der Waals surface area contributed by atoms with E-state index < -0.39 is 12.1 Å². The number of carbonyl (C=O) groups is 1. The van der Waals surface area contributed by atoms with Crippen molar-refractivity contribution in [1.82, 2.24) is 15.0 Å². The molecular weight excluding hydrogens is 296 g/mol. The van der Waals surface area contributed by atoms with Gasteiger partial charge in [-0.25, -0.2) is 4.79 Å². The molecular formula is C16H20N4O3. The first-order chi connectivity index (χ1) is 11.0. The molecule has 1 N–H and O–H groups in total. The van der Waals surface area contributed by atoms with Gasteiger partial charge in [-0.1, -0.05) is 0 Å². The van der Waals surface area contributed by atoms with Crippen LogP contribution in [0.4, 0.5) is 5.69 Å². The second-order valence-corrected chi connectivity index (χ2v) is 5.82. The van der Waals surface area contributed by atoms with E-state index in [1.54, 1.807) is 6.07 Å². The van der Waals surface area contributed by atoms with Gasteiger partial charge in [-0.3, -0.25) is 0 Å². The van der Waals surface area contributed by atoms with Gasteiger partial charge in [0.1, 0.15) is 5.69 Å². The van der Waals surface area contributed by atoms with Crippen LogP contribution in [0, 0.1) is 0 Å². The van der Waals surface area contributed by atoms with Crippen molar-refractivity contribution in [1.29, 1.82) is 0 Å². The van der Waals surface area contributed by atoms with Crippen LogP contribution in [0.3, 0.4) is 0 Å². The summed E-state index contributed by atoms with van der Waals surface area (Å²) in [6.45, 7) is 0. The zero-order chi connectivity index (χ0) is 16.6. The van der Waals surface area contributed by atoms with Crippen LogP contribution in [0.5, 0.6) is 0 Å². The molecule has 0 fully saturated rings. The first kappa shape index (κ1) is 15.5. The number of aromatic nitrogens is 3. The number of aliphatic hydroxyl groups is 1. The highest BCUT2D eigenvalue weighted by molar-refractivity contribution is 5.96. The summed E-state index contributed by atoms with van der Waals surface area (Å²) < 4.78 is 4.86. The first-order valence-electron chi connectivity index (χ1n) is 7.55. The Kier molecular flexibility index (Phi) is 4.04. The molecule has 1 aromatic carbocycles. The zero-order valence-corrected chi connectivity index (χ0v) is 13.5. The van der Waals surface area contributed by atoms with Gasteiger partial charge in [0.15, 0.2) is 0 Å². The maximum Gasteiger partial charge on any atom is 0.340 e. The number of benzene rings is 1. The van der Waals surface area contributed by atoms with Gasteiger partial charge in [0.25, 0.3) is 0 Å². The van der Waals surface area contributed by atoms with E-state index in [0.717, 1.165) is 24.2 Å². The quantitative estimate of drug-likeness (QED) is 0.864. The number of aliphatic hydroxyl groups excluding tert-OH is 1. The fraction of sp³-hybridized carbons (Fsp3) is 0.438. The van der Waals surface area contributed by atoms with Crippen LogP contribution >= 0.6 is 0 Å². The van der Waals surface area contributed by atoms with E-state index >= 15 is 0 Å². The van der Waals surface area contributed by atoms with Gasteiger partial charge in [0.05, 0.1) is 35.8 Å². The van der Waals surface area contributed by atoms with Gasteiger partial charge in [0, 0.05) is 14.1 Å². The van der Waals surface area contributed by atoms with Crippen molar-refractivity contribution in [2.75, 3.05) is 26.1 Å². The molecule has 1 atom stereocenters. The number of methoxy groups -OCH3 is 1. The van der Waals surface area contributed by atoms with Crippen LogP contribution in [0.1, 0.15) is 40.7 Å². The van der Waals surface area contributed by atoms with Crippen LogP contribution < -0.4 is 4.90 Å². The van der Waals surface area contributed by atoms with Crippen molar-refractivity contribution in [2.45, 2.75) is 25.4 Å². The lowest BCUT2D eigenvalue weighted by Gasteiger charge is -2.17. The third kappa shape index (κ3) is 2.79. The molecule has 0 saturated heterocycles. The molecule has 1 aliphatic carbocycles. The monoisotopic (exact) mass is 316 g/mol. The Balaban J connectivity index is 2.05. The summed E-state index contributed by atoms with van der Waals surface area (Å²) >= 11 is 0. The second kappa shape index (κ2) is 6.00. The number of hydrogen-bond acceptors (Lipinski definition) is 6. The molecule has 0 radical (unpaired) electrons. The minimum atomic E-state index is -0.561. The summed E-state index contributed by atoms with van der Waals surface area (Å²) in [6, 6.07) is 5.39. The molecule has 1 heterocycles. The van der Waals surface area contributed by atoms with Gasteiger partial charge >= 0.3 is 5.97 Å². The molecule has 1 unspecified atom stereocenters. The topological polar surface area (TPSA) is 80.5 Å². The van der Waals surface area contributed by atoms with Gasteiger partial charge in [-0.05, 0) is 37.5 Å². The third-order valence-electron chi connectivity index (χ3n) is 4.02. The van der Waals surface area contributed by atoms with Crippen molar-refractivity contribution in [3.63, 3.8) is 0 Å². The van der Waals surface area contributed by atoms with E-state index in [1.807, 2.05) is 31.1 Å². The van der Waals surface area contributed by atoms with Gasteiger partial charge in [-0.15, -0.1) is 0 Å². The van der Waals surface area contributed by atoms with E-state index in [2.05, 4.69) is 10.2 Å². The summed E-state index contributed by atoms with van der Waals surface area (Å²) in [5, 5.41) is 18.9. The molecule has 1 aromatic heterocycles. The first-order valence-corrected chi connectivity index (χ1v) is 7.55. The second-order valence-electron chi connectivity index (χ2n) is 5.82. The molecule has 23 heavy (non-hydrogen) atoms. The van der Waals surface area contributed by atoms with E-state index in [9.17, 15) is 9.90 Å². The Labute approximate surface area is 134 Å². The normalized spacial score (nSPS) is 16.8. The molecule has 0 aliphatic heterocycles. The molecule has 7 nitrogen and oxygen atoms in total. The van der Waals surface area contributed by atoms with Crippen LogP contribution in [-0.2, 0) is 11.2 Å². The number of rotatable bonds is 3. The minimum absolute atomic E-state index is 0.410. The summed E-state index contributed by atoms with van der Waals surface area (Å²) in [5.41, 5.74) is 3.33. The average Bonchev–Trinajstić information content (AvgIpc) is 2.99. The predicted molar refractivity (Wildman–Crippen MR) is 84.9 cm³/mol. The van der Waals surface area contributed by atoms with Crippen molar-refractivity contribution in [3.05, 3.63) is 35.2 Å². The van der Waals surface area contributed by atoms with Crippen molar-refractivity contribution >= 4 is 11.7 Å². The smallest absolute Gasteiger partial charge is 0.340 e. The number of fused-ring (bicyclic) bond motifs is 1. The van der Waals surface area contributed by atoms with E-state index in [-0.39, 0.29) is 0 Å². The van der Waals surface area contributed by atoms with Crippen LogP contribution in [0.15, 0.2) is 18.2 Å². The molecule has 1 aliphatic rings. The highest BCUT2D eigenvalue weighted by Gasteiger charge is 2.24. The van der Waals surface area contributed by atoms with Crippen LogP contribution in [0.2, 0.25) is 0 Å². The Hall–Kier alpha value is -2.41. The van der Waals surface area contributed by atoms with Crippen LogP contribution in [0.25, 0.3) is 5.69 Å². The number of aryl methyl sites for hydroxylation is 1. The van der Waals surface area contributed by atoms with Crippen molar-refractivity contribution < 1.29 is 14.6 Å². The van der Waals surface area contributed by atoms with Crippen molar-refractivity contribution in [2.24, 2.45) is 0 Å². The molecule has 0 amide bonds. The molecule has 0 saturated carbocycles. The van der Waals surface area contributed by atoms with Gasteiger partial charge in [-0.2, -0.15) is 15.0 Å². The third-order valence-corrected chi connectivity index (χ3v) is 4.02. The van der Waals surface area contributed by atoms with E-state index in [1.165, 1.54) is 11.9 Å². The largest absolute Gasteiger partial charge is 0.465 e. The van der Waals surface area contributed by atoms with Gasteiger partial charge < -0.3 is 14.7 Å². The fourth-order valence-corrected chi connectivity index (χ4v) is 2.81. The summed E-state index contributed by atoms with van der Waals surface area (Å²) in [5.74, 6) is -0.410. The SMILES string of the molecule is COC(=O)c1cc(-n2nc3c(n2)C(O)CCC3)ccc1N(C)C. The molecule has 0 spiro atoms.